The first-order valence-electron chi connectivity index (χ1n) is 8.95. The molecule has 0 amide bonds. The first kappa shape index (κ1) is 20.6. The number of rotatable bonds is 11. The van der Waals surface area contributed by atoms with Crippen molar-refractivity contribution in [1.82, 2.24) is 14.3 Å². The molecule has 2 N–H and O–H groups in total. The highest BCUT2D eigenvalue weighted by Gasteiger charge is 2.22. The maximum Gasteiger partial charge on any atom is 0.303 e. The van der Waals surface area contributed by atoms with Crippen molar-refractivity contribution in [3.05, 3.63) is 24.4 Å². The molecular weight excluding hydrogens is 370 g/mol. The number of aromatic nitrogens is 2. The topological polar surface area (TPSA) is 87.2 Å². The van der Waals surface area contributed by atoms with Crippen LogP contribution in [0.3, 0.4) is 0 Å². The van der Waals surface area contributed by atoms with Crippen molar-refractivity contribution in [2.75, 3.05) is 29.7 Å². The van der Waals surface area contributed by atoms with E-state index in [9.17, 15) is 8.42 Å². The Bertz CT molecular complexity index is 774. The third-order valence-electron chi connectivity index (χ3n) is 3.86. The van der Waals surface area contributed by atoms with E-state index in [1.165, 1.54) is 15.6 Å². The van der Waals surface area contributed by atoms with Gasteiger partial charge in [0.15, 0.2) is 5.13 Å². The van der Waals surface area contributed by atoms with Crippen molar-refractivity contribution < 1.29 is 8.42 Å². The van der Waals surface area contributed by atoms with Gasteiger partial charge in [0, 0.05) is 25.8 Å². The molecule has 0 spiro atoms. The largest absolute Gasteiger partial charge is 0.375 e. The zero-order chi connectivity index (χ0) is 19.0. The van der Waals surface area contributed by atoms with Gasteiger partial charge in [-0.25, -0.2) is 9.71 Å². The molecule has 0 saturated carbocycles. The van der Waals surface area contributed by atoms with E-state index in [4.69, 9.17) is 0 Å². The van der Waals surface area contributed by atoms with E-state index in [1.54, 1.807) is 6.20 Å². The Morgan fingerprint density at radius 1 is 1.15 bits per heavy atom. The second-order valence-corrected chi connectivity index (χ2v) is 8.41. The van der Waals surface area contributed by atoms with Gasteiger partial charge in [0.05, 0.1) is 5.69 Å². The third kappa shape index (κ3) is 5.39. The van der Waals surface area contributed by atoms with Crippen LogP contribution in [0.2, 0.25) is 0 Å². The van der Waals surface area contributed by atoms with Gasteiger partial charge in [-0.05, 0) is 18.6 Å². The summed E-state index contributed by atoms with van der Waals surface area (Å²) in [5.41, 5.74) is 1.39. The fourth-order valence-electron chi connectivity index (χ4n) is 2.48. The molecule has 0 aliphatic rings. The molecule has 0 aliphatic carbocycles. The minimum absolute atomic E-state index is 0.343. The molecule has 144 valence electrons. The average molecular weight is 398 g/mol. The van der Waals surface area contributed by atoms with Crippen LogP contribution in [-0.2, 0) is 10.2 Å². The normalized spacial score (nSPS) is 11.7. The molecule has 0 aromatic carbocycles. The number of hydrogen-bond donors (Lipinski definition) is 2. The Labute approximate surface area is 160 Å². The molecule has 7 nitrogen and oxygen atoms in total. The number of nitrogens with zero attached hydrogens (tertiary/aromatic N) is 3. The molecular formula is C17H27N5O2S2. The summed E-state index contributed by atoms with van der Waals surface area (Å²) in [6, 6.07) is 5.60. The van der Waals surface area contributed by atoms with Gasteiger partial charge >= 0.3 is 10.2 Å². The van der Waals surface area contributed by atoms with Gasteiger partial charge in [0.25, 0.3) is 0 Å². The van der Waals surface area contributed by atoms with Gasteiger partial charge in [-0.15, -0.1) is 0 Å². The number of nitrogens with one attached hydrogen (secondary N) is 2. The monoisotopic (exact) mass is 397 g/mol. The minimum atomic E-state index is -3.61. The summed E-state index contributed by atoms with van der Waals surface area (Å²) in [4.78, 5) is 8.84. The van der Waals surface area contributed by atoms with Gasteiger partial charge in [-0.3, -0.25) is 4.98 Å². The van der Waals surface area contributed by atoms with Crippen LogP contribution in [0, 0.1) is 0 Å². The summed E-state index contributed by atoms with van der Waals surface area (Å²) in [5.74, 6) is 0. The van der Waals surface area contributed by atoms with E-state index in [2.05, 4.69) is 26.9 Å². The predicted octanol–water partition coefficient (Wildman–Crippen LogP) is 3.81. The van der Waals surface area contributed by atoms with E-state index >= 15 is 0 Å². The Kier molecular flexibility index (Phi) is 7.80. The van der Waals surface area contributed by atoms with Crippen molar-refractivity contribution in [3.63, 3.8) is 0 Å². The van der Waals surface area contributed by atoms with Crippen LogP contribution in [0.1, 0.15) is 40.0 Å². The highest BCUT2D eigenvalue weighted by atomic mass is 32.2. The van der Waals surface area contributed by atoms with Crippen LogP contribution in [0.15, 0.2) is 24.4 Å². The highest BCUT2D eigenvalue weighted by molar-refractivity contribution is 7.90. The van der Waals surface area contributed by atoms with Gasteiger partial charge in [-0.2, -0.15) is 12.7 Å². The lowest BCUT2D eigenvalue weighted by Crippen LogP contribution is -2.35. The van der Waals surface area contributed by atoms with Crippen LogP contribution >= 0.6 is 11.3 Å². The van der Waals surface area contributed by atoms with Gasteiger partial charge in [0.1, 0.15) is 10.7 Å². The second kappa shape index (κ2) is 9.84. The molecule has 0 bridgehead atoms. The molecule has 0 fully saturated rings. The third-order valence-corrected chi connectivity index (χ3v) is 6.57. The number of hydrogen-bond acceptors (Lipinski definition) is 6. The quantitative estimate of drug-likeness (QED) is 0.563. The van der Waals surface area contributed by atoms with Crippen molar-refractivity contribution in [2.24, 2.45) is 0 Å². The molecule has 0 unspecified atom stereocenters. The van der Waals surface area contributed by atoms with Crippen LogP contribution in [-0.4, -0.2) is 42.3 Å². The fraction of sp³-hybridized carbons (Fsp3) is 0.529. The fourth-order valence-corrected chi connectivity index (χ4v) is 4.78. The summed E-state index contributed by atoms with van der Waals surface area (Å²) in [5, 5.41) is 4.55. The second-order valence-electron chi connectivity index (χ2n) is 5.74. The van der Waals surface area contributed by atoms with E-state index in [0.717, 1.165) is 36.5 Å². The maximum atomic E-state index is 12.5. The number of pyridine rings is 1. The Morgan fingerprint density at radius 2 is 1.92 bits per heavy atom. The molecule has 2 aromatic heterocycles. The molecule has 2 rings (SSSR count). The first-order chi connectivity index (χ1) is 12.5. The molecule has 26 heavy (non-hydrogen) atoms. The summed E-state index contributed by atoms with van der Waals surface area (Å²) in [7, 11) is -3.61. The highest BCUT2D eigenvalue weighted by Crippen LogP contribution is 2.35. The van der Waals surface area contributed by atoms with E-state index in [1.807, 2.05) is 32.0 Å². The van der Waals surface area contributed by atoms with Crippen molar-refractivity contribution in [2.45, 2.75) is 40.0 Å². The van der Waals surface area contributed by atoms with Crippen molar-refractivity contribution in [1.29, 1.82) is 0 Å². The lowest BCUT2D eigenvalue weighted by Gasteiger charge is -2.17. The SMILES string of the molecule is CCCCCNc1sc(NS(=O)(=O)N(CC)CC)nc1-c1ccccn1. The predicted molar refractivity (Wildman–Crippen MR) is 109 cm³/mol. The molecule has 0 saturated heterocycles. The van der Waals surface area contributed by atoms with Crippen LogP contribution in [0.5, 0.6) is 0 Å². The molecule has 2 aromatic rings. The lowest BCUT2D eigenvalue weighted by molar-refractivity contribution is 0.449. The summed E-state index contributed by atoms with van der Waals surface area (Å²) in [6.45, 7) is 7.41. The van der Waals surface area contributed by atoms with Gasteiger partial charge < -0.3 is 5.32 Å². The maximum absolute atomic E-state index is 12.5. The van der Waals surface area contributed by atoms with E-state index < -0.39 is 10.2 Å². The van der Waals surface area contributed by atoms with Crippen LogP contribution in [0.4, 0.5) is 10.1 Å². The van der Waals surface area contributed by atoms with Crippen LogP contribution in [0.25, 0.3) is 11.4 Å². The minimum Gasteiger partial charge on any atom is -0.375 e. The molecule has 9 heteroatoms. The zero-order valence-corrected chi connectivity index (χ0v) is 17.2. The van der Waals surface area contributed by atoms with Gasteiger partial charge in [-0.1, -0.05) is 51.0 Å². The summed E-state index contributed by atoms with van der Waals surface area (Å²) >= 11 is 1.30. The average Bonchev–Trinajstić information content (AvgIpc) is 3.02. The van der Waals surface area contributed by atoms with E-state index in [0.29, 0.717) is 23.9 Å². The smallest absolute Gasteiger partial charge is 0.303 e. The lowest BCUT2D eigenvalue weighted by atomic mass is 10.2. The number of thiazole rings is 1. The van der Waals surface area contributed by atoms with Crippen LogP contribution < -0.4 is 10.0 Å². The Balaban J connectivity index is 2.26. The molecule has 0 atom stereocenters. The Hall–Kier alpha value is -1.71. The first-order valence-corrected chi connectivity index (χ1v) is 11.2. The summed E-state index contributed by atoms with van der Waals surface area (Å²) < 4.78 is 28.9. The van der Waals surface area contributed by atoms with Crippen molar-refractivity contribution >= 4 is 31.7 Å². The zero-order valence-electron chi connectivity index (χ0n) is 15.5. The molecule has 2 heterocycles. The van der Waals surface area contributed by atoms with E-state index in [-0.39, 0.29) is 0 Å². The standard InChI is InChI=1S/C17H27N5O2S2/c1-4-7-9-13-19-16-15(14-11-8-10-12-18-14)20-17(25-16)21-26(23,24)22(5-2)6-3/h8,10-12,19H,4-7,9,13H2,1-3H3,(H,20,21). The van der Waals surface area contributed by atoms with Crippen molar-refractivity contribution in [3.8, 4) is 11.4 Å². The number of unbranched alkanes of at least 4 members (excludes halogenated alkanes) is 2. The Morgan fingerprint density at radius 3 is 2.54 bits per heavy atom. The number of anilines is 2. The van der Waals surface area contributed by atoms with Gasteiger partial charge in [0.2, 0.25) is 0 Å². The molecule has 0 aliphatic heterocycles. The summed E-state index contributed by atoms with van der Waals surface area (Å²) in [6.07, 6.45) is 5.05. The molecule has 0 radical (unpaired) electrons.